The lowest BCUT2D eigenvalue weighted by atomic mass is 10.1. The van der Waals surface area contributed by atoms with Crippen molar-refractivity contribution >= 4 is 29.3 Å². The number of carbonyl (C=O) groups excluding carboxylic acids is 1. The molecule has 35 heavy (non-hydrogen) atoms. The molecular formula is C28H26ClN3O3. The van der Waals surface area contributed by atoms with E-state index in [0.29, 0.717) is 41.8 Å². The molecule has 1 fully saturated rings. The Morgan fingerprint density at radius 2 is 1.71 bits per heavy atom. The van der Waals surface area contributed by atoms with Crippen molar-refractivity contribution in [2.24, 2.45) is 0 Å². The number of para-hydroxylation sites is 1. The summed E-state index contributed by atoms with van der Waals surface area (Å²) in [7, 11) is 1.55. The Balaban J connectivity index is 1.43. The van der Waals surface area contributed by atoms with E-state index < -0.39 is 0 Å². The number of nitrogens with zero attached hydrogens (tertiary/aromatic N) is 3. The first-order valence-electron chi connectivity index (χ1n) is 11.3. The third-order valence-corrected chi connectivity index (χ3v) is 6.25. The van der Waals surface area contributed by atoms with Gasteiger partial charge in [-0.2, -0.15) is 5.26 Å². The third-order valence-electron chi connectivity index (χ3n) is 5.88. The van der Waals surface area contributed by atoms with Crippen LogP contribution in [0, 0.1) is 11.3 Å². The Morgan fingerprint density at radius 3 is 2.40 bits per heavy atom. The van der Waals surface area contributed by atoms with Gasteiger partial charge in [-0.3, -0.25) is 4.79 Å². The van der Waals surface area contributed by atoms with Gasteiger partial charge in [-0.1, -0.05) is 54.1 Å². The molecule has 0 unspecified atom stereocenters. The van der Waals surface area contributed by atoms with E-state index in [9.17, 15) is 10.1 Å². The predicted molar refractivity (Wildman–Crippen MR) is 138 cm³/mol. The van der Waals surface area contributed by atoms with Crippen molar-refractivity contribution in [2.45, 2.75) is 6.61 Å². The summed E-state index contributed by atoms with van der Waals surface area (Å²) in [6, 6.07) is 25.0. The summed E-state index contributed by atoms with van der Waals surface area (Å²) in [6.45, 7) is 2.86. The molecule has 0 bridgehead atoms. The van der Waals surface area contributed by atoms with Gasteiger partial charge in [-0.15, -0.1) is 0 Å². The summed E-state index contributed by atoms with van der Waals surface area (Å²) in [5, 5.41) is 10.3. The number of piperazine rings is 1. The molecule has 4 rings (SSSR count). The lowest BCUT2D eigenvalue weighted by Crippen LogP contribution is -2.49. The van der Waals surface area contributed by atoms with Crippen molar-refractivity contribution in [3.8, 4) is 17.6 Å². The van der Waals surface area contributed by atoms with Crippen LogP contribution >= 0.6 is 11.6 Å². The van der Waals surface area contributed by atoms with Crippen molar-refractivity contribution in [3.63, 3.8) is 0 Å². The standard InChI is InChI=1S/C28H26ClN3O3/c1-34-27-18-21(11-12-26(27)35-20-22-7-5-6-10-25(22)29)17-23(19-30)28(33)32-15-13-31(14-16-32)24-8-3-2-4-9-24/h2-12,17-18H,13-16,20H2,1H3/b23-17-. The van der Waals surface area contributed by atoms with Gasteiger partial charge in [-0.05, 0) is 42.0 Å². The van der Waals surface area contributed by atoms with Gasteiger partial charge >= 0.3 is 0 Å². The Kier molecular flexibility index (Phi) is 7.92. The maximum Gasteiger partial charge on any atom is 0.264 e. The van der Waals surface area contributed by atoms with Gasteiger partial charge in [0.1, 0.15) is 18.2 Å². The highest BCUT2D eigenvalue weighted by Gasteiger charge is 2.24. The fourth-order valence-corrected chi connectivity index (χ4v) is 4.14. The summed E-state index contributed by atoms with van der Waals surface area (Å²) in [5.74, 6) is 0.789. The topological polar surface area (TPSA) is 65.8 Å². The van der Waals surface area contributed by atoms with Gasteiger partial charge in [0.15, 0.2) is 11.5 Å². The molecule has 1 saturated heterocycles. The highest BCUT2D eigenvalue weighted by molar-refractivity contribution is 6.31. The van der Waals surface area contributed by atoms with E-state index in [-0.39, 0.29) is 11.5 Å². The smallest absolute Gasteiger partial charge is 0.264 e. The average molecular weight is 488 g/mol. The van der Waals surface area contributed by atoms with E-state index in [0.717, 1.165) is 24.3 Å². The molecule has 0 N–H and O–H groups in total. The largest absolute Gasteiger partial charge is 0.493 e. The first-order chi connectivity index (χ1) is 17.1. The maximum absolute atomic E-state index is 13.0. The second-order valence-corrected chi connectivity index (χ2v) is 8.48. The molecule has 178 valence electrons. The van der Waals surface area contributed by atoms with Crippen LogP contribution in [0.2, 0.25) is 5.02 Å². The van der Waals surface area contributed by atoms with E-state index >= 15 is 0 Å². The quantitative estimate of drug-likeness (QED) is 0.339. The van der Waals surface area contributed by atoms with E-state index in [1.54, 1.807) is 36.3 Å². The lowest BCUT2D eigenvalue weighted by Gasteiger charge is -2.36. The number of halogens is 1. The van der Waals surface area contributed by atoms with Crippen molar-refractivity contribution in [1.29, 1.82) is 5.26 Å². The number of nitriles is 1. The lowest BCUT2D eigenvalue weighted by molar-refractivity contribution is -0.126. The zero-order valence-corrected chi connectivity index (χ0v) is 20.2. The maximum atomic E-state index is 13.0. The Bertz CT molecular complexity index is 1250. The van der Waals surface area contributed by atoms with Crippen LogP contribution in [0.1, 0.15) is 11.1 Å². The van der Waals surface area contributed by atoms with Crippen LogP contribution in [0.3, 0.4) is 0 Å². The molecule has 0 atom stereocenters. The summed E-state index contributed by atoms with van der Waals surface area (Å²) in [6.07, 6.45) is 1.59. The molecule has 0 radical (unpaired) electrons. The number of amides is 1. The Hall–Kier alpha value is -3.95. The number of ether oxygens (including phenoxy) is 2. The molecule has 0 aromatic heterocycles. The summed E-state index contributed by atoms with van der Waals surface area (Å²) in [5.41, 5.74) is 2.77. The number of methoxy groups -OCH3 is 1. The van der Waals surface area contributed by atoms with Gasteiger partial charge in [0.25, 0.3) is 5.91 Å². The molecule has 1 aliphatic heterocycles. The fourth-order valence-electron chi connectivity index (χ4n) is 3.95. The monoisotopic (exact) mass is 487 g/mol. The normalized spacial score (nSPS) is 13.8. The first kappa shape index (κ1) is 24.2. The number of rotatable bonds is 7. The fraction of sp³-hybridized carbons (Fsp3) is 0.214. The minimum atomic E-state index is -0.266. The minimum Gasteiger partial charge on any atom is -0.493 e. The average Bonchev–Trinajstić information content (AvgIpc) is 2.91. The van der Waals surface area contributed by atoms with Crippen molar-refractivity contribution in [2.75, 3.05) is 38.2 Å². The number of hydrogen-bond donors (Lipinski definition) is 0. The number of hydrogen-bond acceptors (Lipinski definition) is 5. The zero-order valence-electron chi connectivity index (χ0n) is 19.5. The van der Waals surface area contributed by atoms with E-state index in [2.05, 4.69) is 23.1 Å². The second kappa shape index (κ2) is 11.5. The minimum absolute atomic E-state index is 0.0879. The number of anilines is 1. The van der Waals surface area contributed by atoms with Gasteiger partial charge in [0, 0.05) is 42.5 Å². The molecule has 1 heterocycles. The van der Waals surface area contributed by atoms with Gasteiger partial charge < -0.3 is 19.3 Å². The van der Waals surface area contributed by atoms with Gasteiger partial charge in [0.05, 0.1) is 7.11 Å². The molecule has 0 aliphatic carbocycles. The van der Waals surface area contributed by atoms with Crippen molar-refractivity contribution < 1.29 is 14.3 Å². The Morgan fingerprint density at radius 1 is 1.00 bits per heavy atom. The molecule has 3 aromatic carbocycles. The van der Waals surface area contributed by atoms with E-state index in [1.807, 2.05) is 42.5 Å². The predicted octanol–water partition coefficient (Wildman–Crippen LogP) is 5.18. The molecule has 3 aromatic rings. The van der Waals surface area contributed by atoms with Crippen molar-refractivity contribution in [1.82, 2.24) is 4.90 Å². The van der Waals surface area contributed by atoms with Gasteiger partial charge in [0.2, 0.25) is 0 Å². The Labute approximate surface area is 210 Å². The van der Waals surface area contributed by atoms with Crippen molar-refractivity contribution in [3.05, 3.63) is 94.5 Å². The molecule has 0 saturated carbocycles. The third kappa shape index (κ3) is 5.95. The zero-order chi connectivity index (χ0) is 24.6. The van der Waals surface area contributed by atoms with Crippen LogP contribution in [-0.2, 0) is 11.4 Å². The highest BCUT2D eigenvalue weighted by Crippen LogP contribution is 2.30. The SMILES string of the molecule is COc1cc(/C=C(/C#N)C(=O)N2CCN(c3ccccc3)CC2)ccc1OCc1ccccc1Cl. The highest BCUT2D eigenvalue weighted by atomic mass is 35.5. The first-order valence-corrected chi connectivity index (χ1v) is 11.7. The van der Waals surface area contributed by atoms with E-state index in [1.165, 1.54) is 0 Å². The second-order valence-electron chi connectivity index (χ2n) is 8.07. The van der Waals surface area contributed by atoms with Crippen LogP contribution in [0.25, 0.3) is 6.08 Å². The van der Waals surface area contributed by atoms with Crippen LogP contribution in [-0.4, -0.2) is 44.1 Å². The number of carbonyl (C=O) groups is 1. The van der Waals surface area contributed by atoms with E-state index in [4.69, 9.17) is 21.1 Å². The molecule has 7 heteroatoms. The molecule has 0 spiro atoms. The van der Waals surface area contributed by atoms with Gasteiger partial charge in [-0.25, -0.2) is 0 Å². The summed E-state index contributed by atoms with van der Waals surface area (Å²) < 4.78 is 11.4. The molecule has 6 nitrogen and oxygen atoms in total. The van der Waals surface area contributed by atoms with Crippen LogP contribution in [0.15, 0.2) is 78.4 Å². The summed E-state index contributed by atoms with van der Waals surface area (Å²) in [4.78, 5) is 17.0. The van der Waals surface area contributed by atoms with Crippen LogP contribution < -0.4 is 14.4 Å². The molecule has 1 amide bonds. The molecule has 1 aliphatic rings. The summed E-state index contributed by atoms with van der Waals surface area (Å²) >= 11 is 6.21. The van der Waals surface area contributed by atoms with Crippen LogP contribution in [0.4, 0.5) is 5.69 Å². The number of benzene rings is 3. The van der Waals surface area contributed by atoms with Crippen LogP contribution in [0.5, 0.6) is 11.5 Å². The molecular weight excluding hydrogens is 462 g/mol.